The zero-order valence-electron chi connectivity index (χ0n) is 10.00. The summed E-state index contributed by atoms with van der Waals surface area (Å²) in [5.41, 5.74) is 0.859. The summed E-state index contributed by atoms with van der Waals surface area (Å²) in [5, 5.41) is 0.577. The molecule has 0 fully saturated rings. The van der Waals surface area contributed by atoms with Gasteiger partial charge in [0.05, 0.1) is 10.6 Å². The smallest absolute Gasteiger partial charge is 0.153 e. The highest BCUT2D eigenvalue weighted by Gasteiger charge is 2.11. The molecule has 0 aromatic heterocycles. The molecule has 2 aromatic rings. The van der Waals surface area contributed by atoms with Gasteiger partial charge in [0.1, 0.15) is 18.2 Å². The van der Waals surface area contributed by atoms with Crippen LogP contribution in [0.2, 0.25) is 10.0 Å². The van der Waals surface area contributed by atoms with Gasteiger partial charge in [0, 0.05) is 9.50 Å². The Morgan fingerprint density at radius 3 is 2.60 bits per heavy atom. The van der Waals surface area contributed by atoms with E-state index in [1.807, 2.05) is 0 Å². The second-order valence-corrected chi connectivity index (χ2v) is 5.75. The number of hydrogen-bond donors (Lipinski definition) is 0. The summed E-state index contributed by atoms with van der Waals surface area (Å²) in [5.74, 6) is -0.151. The second kappa shape index (κ2) is 6.57. The topological polar surface area (TPSA) is 26.3 Å². The Labute approximate surface area is 133 Å². The molecule has 0 saturated carbocycles. The highest BCUT2D eigenvalue weighted by molar-refractivity contribution is 9.10. The minimum absolute atomic E-state index is 0.0819. The number of hydrogen-bond acceptors (Lipinski definition) is 2. The third kappa shape index (κ3) is 3.72. The van der Waals surface area contributed by atoms with Crippen molar-refractivity contribution in [3.63, 3.8) is 0 Å². The van der Waals surface area contributed by atoms with E-state index in [1.54, 1.807) is 6.07 Å². The van der Waals surface area contributed by atoms with Crippen LogP contribution in [0, 0.1) is 5.82 Å². The van der Waals surface area contributed by atoms with Crippen molar-refractivity contribution in [2.45, 2.75) is 6.61 Å². The Bertz CT molecular complexity index is 642. The first kappa shape index (κ1) is 15.3. The quantitative estimate of drug-likeness (QED) is 0.677. The average Bonchev–Trinajstić information content (AvgIpc) is 2.35. The van der Waals surface area contributed by atoms with Crippen LogP contribution in [-0.2, 0) is 6.61 Å². The molecule has 0 bridgehead atoms. The van der Waals surface area contributed by atoms with Crippen molar-refractivity contribution in [3.8, 4) is 5.75 Å². The summed E-state index contributed by atoms with van der Waals surface area (Å²) in [6, 6.07) is 7.34. The zero-order chi connectivity index (χ0) is 14.7. The van der Waals surface area contributed by atoms with Crippen LogP contribution in [0.25, 0.3) is 0 Å². The molecule has 0 N–H and O–H groups in total. The molecule has 0 heterocycles. The fourth-order valence-corrected chi connectivity index (χ4v) is 2.75. The molecule has 0 amide bonds. The van der Waals surface area contributed by atoms with Gasteiger partial charge in [0.2, 0.25) is 0 Å². The number of aldehydes is 1. The summed E-state index contributed by atoms with van der Waals surface area (Å²) in [4.78, 5) is 11.0. The molecular weight excluding hydrogens is 370 g/mol. The maximum atomic E-state index is 13.2. The third-order valence-electron chi connectivity index (χ3n) is 2.47. The van der Waals surface area contributed by atoms with Crippen LogP contribution in [0.4, 0.5) is 4.39 Å². The molecule has 0 aliphatic heterocycles. The Morgan fingerprint density at radius 2 is 1.95 bits per heavy atom. The van der Waals surface area contributed by atoms with Crippen molar-refractivity contribution in [2.75, 3.05) is 0 Å². The molecule has 6 heteroatoms. The van der Waals surface area contributed by atoms with E-state index in [0.717, 1.165) is 0 Å². The van der Waals surface area contributed by atoms with Crippen molar-refractivity contribution in [2.24, 2.45) is 0 Å². The number of rotatable bonds is 4. The van der Waals surface area contributed by atoms with Gasteiger partial charge in [-0.25, -0.2) is 4.39 Å². The van der Waals surface area contributed by atoms with Gasteiger partial charge >= 0.3 is 0 Å². The van der Waals surface area contributed by atoms with E-state index >= 15 is 0 Å². The standard InChI is InChI=1S/C14H8BrCl2FO2/c15-10-1-8(2-12(18)4-10)7-20-14-9(6-19)3-11(16)5-13(14)17/h1-6H,7H2. The lowest BCUT2D eigenvalue weighted by atomic mass is 10.2. The van der Waals surface area contributed by atoms with E-state index in [2.05, 4.69) is 15.9 Å². The van der Waals surface area contributed by atoms with Crippen LogP contribution in [0.3, 0.4) is 0 Å². The van der Waals surface area contributed by atoms with Gasteiger partial charge in [0.15, 0.2) is 6.29 Å². The van der Waals surface area contributed by atoms with Crippen molar-refractivity contribution in [3.05, 3.63) is 61.8 Å². The van der Waals surface area contributed by atoms with Crippen LogP contribution in [0.5, 0.6) is 5.75 Å². The van der Waals surface area contributed by atoms with Crippen LogP contribution < -0.4 is 4.74 Å². The Hall–Kier alpha value is -1.10. The highest BCUT2D eigenvalue weighted by atomic mass is 79.9. The molecular formula is C14H8BrCl2FO2. The summed E-state index contributed by atoms with van der Waals surface area (Å²) >= 11 is 15.0. The minimum Gasteiger partial charge on any atom is -0.487 e. The van der Waals surface area contributed by atoms with Gasteiger partial charge in [-0.2, -0.15) is 0 Å². The second-order valence-electron chi connectivity index (χ2n) is 3.99. The molecule has 0 aliphatic carbocycles. The van der Waals surface area contributed by atoms with Crippen molar-refractivity contribution >= 4 is 45.4 Å². The van der Waals surface area contributed by atoms with E-state index in [4.69, 9.17) is 27.9 Å². The average molecular weight is 378 g/mol. The van der Waals surface area contributed by atoms with Crippen molar-refractivity contribution < 1.29 is 13.9 Å². The van der Waals surface area contributed by atoms with E-state index in [1.165, 1.54) is 24.3 Å². The highest BCUT2D eigenvalue weighted by Crippen LogP contribution is 2.32. The predicted molar refractivity (Wildman–Crippen MR) is 80.3 cm³/mol. The molecule has 0 atom stereocenters. The Morgan fingerprint density at radius 1 is 1.20 bits per heavy atom. The number of carbonyl (C=O) groups excluding carboxylic acids is 1. The molecule has 2 nitrogen and oxygen atoms in total. The van der Waals surface area contributed by atoms with Gasteiger partial charge in [-0.05, 0) is 35.9 Å². The van der Waals surface area contributed by atoms with Gasteiger partial charge in [-0.3, -0.25) is 4.79 Å². The molecule has 2 aromatic carbocycles. The number of halogens is 4. The molecule has 0 unspecified atom stereocenters. The van der Waals surface area contributed by atoms with Gasteiger partial charge in [0.25, 0.3) is 0 Å². The molecule has 0 saturated heterocycles. The fourth-order valence-electron chi connectivity index (χ4n) is 1.67. The normalized spacial score (nSPS) is 10.4. The van der Waals surface area contributed by atoms with Crippen LogP contribution in [-0.4, -0.2) is 6.29 Å². The fraction of sp³-hybridized carbons (Fsp3) is 0.0714. The lowest BCUT2D eigenvalue weighted by molar-refractivity contribution is 0.111. The summed E-state index contributed by atoms with van der Waals surface area (Å²) in [7, 11) is 0. The van der Waals surface area contributed by atoms with E-state index < -0.39 is 0 Å². The van der Waals surface area contributed by atoms with Gasteiger partial charge in [-0.1, -0.05) is 39.1 Å². The molecule has 2 rings (SSSR count). The maximum absolute atomic E-state index is 13.2. The van der Waals surface area contributed by atoms with Crippen LogP contribution >= 0.6 is 39.1 Å². The van der Waals surface area contributed by atoms with Gasteiger partial charge in [-0.15, -0.1) is 0 Å². The van der Waals surface area contributed by atoms with Crippen molar-refractivity contribution in [1.29, 1.82) is 0 Å². The minimum atomic E-state index is -0.379. The van der Waals surface area contributed by atoms with E-state index in [-0.39, 0.29) is 28.8 Å². The van der Waals surface area contributed by atoms with E-state index in [9.17, 15) is 9.18 Å². The van der Waals surface area contributed by atoms with Crippen molar-refractivity contribution in [1.82, 2.24) is 0 Å². The molecule has 104 valence electrons. The number of carbonyl (C=O) groups is 1. The maximum Gasteiger partial charge on any atom is 0.153 e. The predicted octanol–water partition coefficient (Wildman–Crippen LogP) is 5.29. The summed E-state index contributed by atoms with van der Waals surface area (Å²) in [6.07, 6.45) is 0.606. The SMILES string of the molecule is O=Cc1cc(Cl)cc(Cl)c1OCc1cc(F)cc(Br)c1. The first-order valence-corrected chi connectivity index (χ1v) is 7.06. The van der Waals surface area contributed by atoms with Crippen LogP contribution in [0.15, 0.2) is 34.8 Å². The monoisotopic (exact) mass is 376 g/mol. The number of ether oxygens (including phenoxy) is 1. The third-order valence-corrected chi connectivity index (χ3v) is 3.43. The number of benzene rings is 2. The zero-order valence-corrected chi connectivity index (χ0v) is 13.1. The molecule has 0 radical (unpaired) electrons. The first-order chi connectivity index (χ1) is 9.49. The first-order valence-electron chi connectivity index (χ1n) is 5.51. The summed E-state index contributed by atoms with van der Waals surface area (Å²) < 4.78 is 19.4. The largest absolute Gasteiger partial charge is 0.487 e. The Balaban J connectivity index is 2.24. The van der Waals surface area contributed by atoms with E-state index in [0.29, 0.717) is 21.3 Å². The summed E-state index contributed by atoms with van der Waals surface area (Å²) in [6.45, 7) is 0.0819. The lowest BCUT2D eigenvalue weighted by Crippen LogP contribution is -2.00. The Kier molecular flexibility index (Phi) is 5.02. The molecule has 0 aliphatic rings. The molecule has 20 heavy (non-hydrogen) atoms. The lowest BCUT2D eigenvalue weighted by Gasteiger charge is -2.11. The van der Waals surface area contributed by atoms with Crippen LogP contribution in [0.1, 0.15) is 15.9 Å². The molecule has 0 spiro atoms. The van der Waals surface area contributed by atoms with Gasteiger partial charge < -0.3 is 4.74 Å².